The Morgan fingerprint density at radius 2 is 1.42 bits per heavy atom. The number of likely N-dealkylation sites (tertiary alicyclic amines) is 1. The SMILES string of the molecule is C=CCOC(=O)[C@H](CCC(=O)O)NC(=O)[C@H](CS)NC(=O)[C@@H]1CCCN1C(=O)[C@H](CS)NC(=O)[C@H](CCC(=O)O)NC(=O)CNC(=O)[C@@H](N)Cc1ccc(O)cc1. The highest BCUT2D eigenvalue weighted by molar-refractivity contribution is 7.80. The Morgan fingerprint density at radius 1 is 0.842 bits per heavy atom. The van der Waals surface area contributed by atoms with E-state index in [9.17, 15) is 53.4 Å². The molecule has 0 unspecified atom stereocenters. The van der Waals surface area contributed by atoms with Gasteiger partial charge in [-0.2, -0.15) is 25.3 Å². The first kappa shape index (κ1) is 47.8. The Labute approximate surface area is 338 Å². The van der Waals surface area contributed by atoms with Gasteiger partial charge in [-0.25, -0.2) is 4.79 Å². The fourth-order valence-corrected chi connectivity index (χ4v) is 6.02. The van der Waals surface area contributed by atoms with Crippen molar-refractivity contribution in [2.75, 3.05) is 31.2 Å². The minimum absolute atomic E-state index is 0.0276. The van der Waals surface area contributed by atoms with Gasteiger partial charge in [0.15, 0.2) is 0 Å². The number of amides is 6. The molecule has 0 spiro atoms. The number of rotatable bonds is 24. The zero-order valence-corrected chi connectivity index (χ0v) is 32.7. The van der Waals surface area contributed by atoms with Crippen molar-refractivity contribution in [3.63, 3.8) is 0 Å². The molecule has 2 rings (SSSR count). The highest BCUT2D eigenvalue weighted by atomic mass is 32.1. The molecule has 1 heterocycles. The molecule has 0 radical (unpaired) electrons. The van der Waals surface area contributed by atoms with Gasteiger partial charge in [0, 0.05) is 30.9 Å². The molecule has 22 heteroatoms. The number of aliphatic carboxylic acids is 2. The summed E-state index contributed by atoms with van der Waals surface area (Å²) in [5, 5.41) is 39.7. The maximum absolute atomic E-state index is 13.7. The number of carboxylic acid groups (broad SMARTS) is 2. The van der Waals surface area contributed by atoms with Crippen LogP contribution in [0.3, 0.4) is 0 Å². The first-order valence-electron chi connectivity index (χ1n) is 17.8. The molecule has 1 aliphatic rings. The molecule has 1 aromatic rings. The lowest BCUT2D eigenvalue weighted by molar-refractivity contribution is -0.148. The number of carbonyl (C=O) groups excluding carboxylic acids is 7. The number of phenols is 1. The summed E-state index contributed by atoms with van der Waals surface area (Å²) in [5.74, 6) is -8.77. The van der Waals surface area contributed by atoms with Crippen LogP contribution in [0.2, 0.25) is 0 Å². The number of nitrogens with one attached hydrogen (secondary N) is 5. The van der Waals surface area contributed by atoms with Gasteiger partial charge < -0.3 is 57.3 Å². The number of hydrogen-bond donors (Lipinski definition) is 11. The van der Waals surface area contributed by atoms with E-state index in [0.717, 1.165) is 0 Å². The van der Waals surface area contributed by atoms with Crippen molar-refractivity contribution in [2.45, 2.75) is 81.2 Å². The van der Waals surface area contributed by atoms with E-state index in [2.05, 4.69) is 58.4 Å². The van der Waals surface area contributed by atoms with E-state index in [0.29, 0.717) is 12.0 Å². The van der Waals surface area contributed by atoms with Crippen molar-refractivity contribution in [2.24, 2.45) is 5.73 Å². The molecule has 0 aromatic heterocycles. The summed E-state index contributed by atoms with van der Waals surface area (Å²) in [6.45, 7) is 2.69. The number of carbonyl (C=O) groups is 9. The minimum Gasteiger partial charge on any atom is -0.508 e. The fourth-order valence-electron chi connectivity index (χ4n) is 5.51. The van der Waals surface area contributed by atoms with Crippen LogP contribution in [0.15, 0.2) is 36.9 Å². The monoisotopic (exact) mass is 839 g/mol. The third-order valence-electron chi connectivity index (χ3n) is 8.49. The van der Waals surface area contributed by atoms with Crippen LogP contribution in [-0.4, -0.2) is 141 Å². The van der Waals surface area contributed by atoms with Crippen LogP contribution < -0.4 is 32.3 Å². The number of thiol groups is 2. The fraction of sp³-hybridized carbons (Fsp3) is 0.514. The molecule has 6 amide bonds. The van der Waals surface area contributed by atoms with Crippen molar-refractivity contribution in [3.05, 3.63) is 42.5 Å². The standard InChI is InChI=1S/C35H49N7O13S2/c1-2-14-55-35(54)23(10-12-29(47)48)39-32(51)24(17-56)40-33(52)26-4-3-13-42(26)34(53)25(18-57)41-31(50)22(9-11-28(45)46)38-27(44)16-37-30(49)21(36)15-19-5-7-20(43)8-6-19/h2,5-8,21-26,43,56-57H,1,3-4,9-18,36H2,(H,37,49)(H,38,44)(H,39,51)(H,40,52)(H,41,50)(H,45,46)(H,47,48)/t21-,22-,23-,24-,25-,26-/m0/s1. The lowest BCUT2D eigenvalue weighted by Crippen LogP contribution is -2.59. The summed E-state index contributed by atoms with van der Waals surface area (Å²) in [5.41, 5.74) is 6.57. The molecule has 0 saturated carbocycles. The molecule has 0 bridgehead atoms. The maximum Gasteiger partial charge on any atom is 0.328 e. The number of esters is 1. The third-order valence-corrected chi connectivity index (χ3v) is 9.22. The Hall–Kier alpha value is -5.35. The number of hydrogen-bond acceptors (Lipinski definition) is 14. The van der Waals surface area contributed by atoms with E-state index in [-0.39, 0.29) is 56.1 Å². The van der Waals surface area contributed by atoms with Gasteiger partial charge in [0.2, 0.25) is 35.4 Å². The lowest BCUT2D eigenvalue weighted by Gasteiger charge is -2.30. The molecule has 57 heavy (non-hydrogen) atoms. The Kier molecular flexibility index (Phi) is 20.4. The minimum atomic E-state index is -1.47. The Balaban J connectivity index is 2.07. The van der Waals surface area contributed by atoms with E-state index in [1.165, 1.54) is 23.1 Å². The highest BCUT2D eigenvalue weighted by Crippen LogP contribution is 2.20. The van der Waals surface area contributed by atoms with Crippen molar-refractivity contribution in [3.8, 4) is 5.75 Å². The van der Waals surface area contributed by atoms with Crippen LogP contribution in [0.1, 0.15) is 44.1 Å². The number of benzene rings is 1. The van der Waals surface area contributed by atoms with Gasteiger partial charge >= 0.3 is 17.9 Å². The predicted molar refractivity (Wildman–Crippen MR) is 208 cm³/mol. The smallest absolute Gasteiger partial charge is 0.328 e. The van der Waals surface area contributed by atoms with Gasteiger partial charge in [-0.05, 0) is 49.8 Å². The topological polar surface area (TPSA) is 313 Å². The van der Waals surface area contributed by atoms with Gasteiger partial charge in [-0.1, -0.05) is 24.8 Å². The zero-order chi connectivity index (χ0) is 42.7. The average Bonchev–Trinajstić information content (AvgIpc) is 3.67. The van der Waals surface area contributed by atoms with Crippen LogP contribution in [0.25, 0.3) is 0 Å². The van der Waals surface area contributed by atoms with E-state index >= 15 is 0 Å². The molecule has 0 aliphatic carbocycles. The van der Waals surface area contributed by atoms with Crippen LogP contribution in [-0.2, 0) is 54.3 Å². The van der Waals surface area contributed by atoms with Gasteiger partial charge in [-0.15, -0.1) is 0 Å². The number of ether oxygens (including phenoxy) is 1. The molecule has 20 nitrogen and oxygen atoms in total. The molecular weight excluding hydrogens is 791 g/mol. The van der Waals surface area contributed by atoms with E-state index in [1.807, 2.05) is 0 Å². The van der Waals surface area contributed by atoms with Gasteiger partial charge in [0.1, 0.15) is 42.6 Å². The normalized spacial score (nSPS) is 16.1. The summed E-state index contributed by atoms with van der Waals surface area (Å²) in [4.78, 5) is 115. The summed E-state index contributed by atoms with van der Waals surface area (Å²) in [7, 11) is 0. The number of nitrogens with zero attached hydrogens (tertiary/aromatic N) is 1. The molecular formula is C35H49N7O13S2. The molecule has 10 N–H and O–H groups in total. The Bertz CT molecular complexity index is 1630. The van der Waals surface area contributed by atoms with E-state index in [4.69, 9.17) is 15.6 Å². The lowest BCUT2D eigenvalue weighted by atomic mass is 10.1. The molecule has 1 fully saturated rings. The van der Waals surface area contributed by atoms with Gasteiger partial charge in [-0.3, -0.25) is 38.4 Å². The second-order valence-electron chi connectivity index (χ2n) is 12.8. The van der Waals surface area contributed by atoms with Crippen LogP contribution in [0.5, 0.6) is 5.75 Å². The van der Waals surface area contributed by atoms with Crippen molar-refractivity contribution >= 4 is 78.6 Å². The average molecular weight is 840 g/mol. The largest absolute Gasteiger partial charge is 0.508 e. The van der Waals surface area contributed by atoms with Crippen LogP contribution in [0, 0.1) is 0 Å². The van der Waals surface area contributed by atoms with Crippen LogP contribution in [0.4, 0.5) is 0 Å². The number of nitrogens with two attached hydrogens (primary N) is 1. The summed E-state index contributed by atoms with van der Waals surface area (Å²) in [6.07, 6.45) is 0.187. The summed E-state index contributed by atoms with van der Waals surface area (Å²) >= 11 is 8.30. The van der Waals surface area contributed by atoms with Crippen molar-refractivity contribution in [1.82, 2.24) is 31.5 Å². The second-order valence-corrected chi connectivity index (χ2v) is 13.6. The molecule has 314 valence electrons. The second kappa shape index (κ2) is 24.3. The van der Waals surface area contributed by atoms with Crippen molar-refractivity contribution in [1.29, 1.82) is 0 Å². The number of aromatic hydroxyl groups is 1. The molecule has 1 saturated heterocycles. The predicted octanol–water partition coefficient (Wildman–Crippen LogP) is -2.37. The van der Waals surface area contributed by atoms with Crippen molar-refractivity contribution < 1.29 is 63.2 Å². The maximum atomic E-state index is 13.7. The van der Waals surface area contributed by atoms with Crippen LogP contribution >= 0.6 is 25.3 Å². The first-order valence-corrected chi connectivity index (χ1v) is 19.0. The third kappa shape index (κ3) is 16.3. The van der Waals surface area contributed by atoms with E-state index < -0.39 is 109 Å². The first-order chi connectivity index (χ1) is 27.0. The highest BCUT2D eigenvalue weighted by Gasteiger charge is 2.39. The molecule has 1 aliphatic heterocycles. The molecule has 6 atom stereocenters. The molecule has 1 aromatic carbocycles. The Morgan fingerprint density at radius 3 is 2.00 bits per heavy atom. The van der Waals surface area contributed by atoms with Gasteiger partial charge in [0.25, 0.3) is 0 Å². The quantitative estimate of drug-likeness (QED) is 0.0295. The van der Waals surface area contributed by atoms with Gasteiger partial charge in [0.05, 0.1) is 12.6 Å². The summed E-state index contributed by atoms with van der Waals surface area (Å²) < 4.78 is 4.94. The number of carboxylic acids is 2. The zero-order valence-electron chi connectivity index (χ0n) is 30.9. The number of phenolic OH excluding ortho intramolecular Hbond substituents is 1. The summed E-state index contributed by atoms with van der Waals surface area (Å²) in [6, 6.07) is -1.69. The van der Waals surface area contributed by atoms with E-state index in [1.54, 1.807) is 12.1 Å².